The van der Waals surface area contributed by atoms with E-state index in [1.165, 1.54) is 25.7 Å². The van der Waals surface area contributed by atoms with Crippen LogP contribution in [0.15, 0.2) is 63.9 Å². The van der Waals surface area contributed by atoms with Crippen LogP contribution in [0.2, 0.25) is 0 Å². The minimum atomic E-state index is 0.134. The lowest BCUT2D eigenvalue weighted by atomic mass is 10.0. The second-order valence-electron chi connectivity index (χ2n) is 8.16. The molecule has 1 aliphatic heterocycles. The Bertz CT molecular complexity index is 1080. The molecule has 4 N–H and O–H groups in total. The highest BCUT2D eigenvalue weighted by molar-refractivity contribution is 5.82. The quantitative estimate of drug-likeness (QED) is 0.481. The third-order valence-electron chi connectivity index (χ3n) is 5.70. The van der Waals surface area contributed by atoms with Gasteiger partial charge in [-0.15, -0.1) is 0 Å². The van der Waals surface area contributed by atoms with E-state index in [4.69, 9.17) is 4.52 Å². The monoisotopic (exact) mass is 417 g/mol. The average Bonchev–Trinajstić information content (AvgIpc) is 3.54. The largest absolute Gasteiger partial charge is 0.359 e. The summed E-state index contributed by atoms with van der Waals surface area (Å²) in [4.78, 5) is 4.65. The van der Waals surface area contributed by atoms with Crippen LogP contribution < -0.4 is 16.0 Å². The molecule has 2 aliphatic rings. The average molecular weight is 418 g/mol. The fourth-order valence-electron chi connectivity index (χ4n) is 4.13. The second kappa shape index (κ2) is 8.67. The third kappa shape index (κ3) is 4.63. The first-order valence-electron chi connectivity index (χ1n) is 10.9. The van der Waals surface area contributed by atoms with E-state index in [0.717, 1.165) is 34.4 Å². The van der Waals surface area contributed by atoms with E-state index in [0.29, 0.717) is 18.4 Å². The van der Waals surface area contributed by atoms with Crippen molar-refractivity contribution in [3.05, 3.63) is 65.8 Å². The molecule has 1 atom stereocenters. The van der Waals surface area contributed by atoms with Crippen molar-refractivity contribution in [2.24, 2.45) is 4.99 Å². The second-order valence-corrected chi connectivity index (χ2v) is 8.16. The van der Waals surface area contributed by atoms with Crippen molar-refractivity contribution in [2.75, 3.05) is 5.32 Å². The summed E-state index contributed by atoms with van der Waals surface area (Å²) in [6.07, 6.45) is 7.10. The van der Waals surface area contributed by atoms with Crippen LogP contribution in [0.25, 0.3) is 11.3 Å². The van der Waals surface area contributed by atoms with Crippen molar-refractivity contribution >= 4 is 11.8 Å². The van der Waals surface area contributed by atoms with E-state index in [1.54, 1.807) is 0 Å². The zero-order chi connectivity index (χ0) is 21.0. The number of rotatable bonds is 6. The summed E-state index contributed by atoms with van der Waals surface area (Å²) >= 11 is 0. The first-order valence-corrected chi connectivity index (χ1v) is 10.9. The predicted octanol–water partition coefficient (Wildman–Crippen LogP) is 4.11. The van der Waals surface area contributed by atoms with Gasteiger partial charge in [0.2, 0.25) is 0 Å². The fourth-order valence-corrected chi connectivity index (χ4v) is 4.13. The summed E-state index contributed by atoms with van der Waals surface area (Å²) in [7, 11) is 0. The van der Waals surface area contributed by atoms with Crippen molar-refractivity contribution in [2.45, 2.75) is 51.1 Å². The van der Waals surface area contributed by atoms with Crippen molar-refractivity contribution in [1.82, 2.24) is 26.0 Å². The molecule has 8 heteroatoms. The van der Waals surface area contributed by atoms with E-state index >= 15 is 0 Å². The lowest BCUT2D eigenvalue weighted by Crippen LogP contribution is -2.43. The van der Waals surface area contributed by atoms with Crippen LogP contribution in [-0.4, -0.2) is 27.4 Å². The maximum atomic E-state index is 5.47. The number of anilines is 1. The summed E-state index contributed by atoms with van der Waals surface area (Å²) in [5.74, 6) is 3.66. The molecule has 8 nitrogen and oxygen atoms in total. The lowest BCUT2D eigenvalue weighted by Gasteiger charge is -2.21. The van der Waals surface area contributed by atoms with Gasteiger partial charge in [0, 0.05) is 29.7 Å². The van der Waals surface area contributed by atoms with Gasteiger partial charge in [0.15, 0.2) is 11.7 Å². The van der Waals surface area contributed by atoms with Gasteiger partial charge in [-0.25, -0.2) is 0 Å². The molecule has 0 radical (unpaired) electrons. The fraction of sp³-hybridized carbons (Fsp3) is 0.348. The van der Waals surface area contributed by atoms with Gasteiger partial charge in [-0.2, -0.15) is 10.1 Å². The maximum absolute atomic E-state index is 5.47. The molecule has 5 rings (SSSR count). The molecular weight excluding hydrogens is 390 g/mol. The van der Waals surface area contributed by atoms with Gasteiger partial charge in [0.1, 0.15) is 17.3 Å². The number of hydrogen-bond acceptors (Lipinski definition) is 7. The van der Waals surface area contributed by atoms with Gasteiger partial charge in [-0.1, -0.05) is 48.3 Å². The van der Waals surface area contributed by atoms with Crippen LogP contribution >= 0.6 is 0 Å². The van der Waals surface area contributed by atoms with E-state index in [-0.39, 0.29) is 6.04 Å². The van der Waals surface area contributed by atoms with Crippen molar-refractivity contribution in [3.63, 3.8) is 0 Å². The predicted molar refractivity (Wildman–Crippen MR) is 120 cm³/mol. The highest BCUT2D eigenvalue weighted by atomic mass is 16.5. The Morgan fingerprint density at radius 3 is 2.81 bits per heavy atom. The highest BCUT2D eigenvalue weighted by Gasteiger charge is 2.20. The smallest absolute Gasteiger partial charge is 0.198 e. The SMILES string of the molecule is CC1C=C(Nc2cc(C3CCCC3)n[nH]2)N=C(NCc2cc(-c3ccccc3)no2)N1. The molecule has 0 bridgehead atoms. The van der Waals surface area contributed by atoms with E-state index in [9.17, 15) is 0 Å². The van der Waals surface area contributed by atoms with Crippen LogP contribution in [-0.2, 0) is 6.54 Å². The van der Waals surface area contributed by atoms with Gasteiger partial charge in [0.05, 0.1) is 12.2 Å². The first kappa shape index (κ1) is 19.4. The number of aromatic nitrogens is 3. The molecule has 160 valence electrons. The topological polar surface area (TPSA) is 103 Å². The molecule has 2 aromatic heterocycles. The Labute approximate surface area is 181 Å². The normalized spacial score (nSPS) is 18.9. The Morgan fingerprint density at radius 1 is 1.13 bits per heavy atom. The van der Waals surface area contributed by atoms with Gasteiger partial charge in [0.25, 0.3) is 0 Å². The first-order chi connectivity index (χ1) is 15.2. The van der Waals surface area contributed by atoms with Crippen molar-refractivity contribution in [3.8, 4) is 11.3 Å². The molecule has 1 fully saturated rings. The summed E-state index contributed by atoms with van der Waals surface area (Å²) in [5.41, 5.74) is 3.00. The Kier molecular flexibility index (Phi) is 5.43. The molecule has 1 unspecified atom stereocenters. The number of aliphatic imine (C=N–C) groups is 1. The molecule has 3 heterocycles. The Morgan fingerprint density at radius 2 is 1.97 bits per heavy atom. The van der Waals surface area contributed by atoms with Crippen LogP contribution in [0.4, 0.5) is 5.82 Å². The molecule has 0 amide bonds. The minimum absolute atomic E-state index is 0.134. The summed E-state index contributed by atoms with van der Waals surface area (Å²) in [6, 6.07) is 14.2. The van der Waals surface area contributed by atoms with E-state index < -0.39 is 0 Å². The highest BCUT2D eigenvalue weighted by Crippen LogP contribution is 2.33. The number of nitrogens with zero attached hydrogens (tertiary/aromatic N) is 3. The van der Waals surface area contributed by atoms with Gasteiger partial charge in [-0.05, 0) is 25.8 Å². The Balaban J connectivity index is 1.21. The minimum Gasteiger partial charge on any atom is -0.359 e. The van der Waals surface area contributed by atoms with Crippen LogP contribution in [0.3, 0.4) is 0 Å². The van der Waals surface area contributed by atoms with Crippen molar-refractivity contribution in [1.29, 1.82) is 0 Å². The lowest BCUT2D eigenvalue weighted by molar-refractivity contribution is 0.382. The third-order valence-corrected chi connectivity index (χ3v) is 5.70. The van der Waals surface area contributed by atoms with Crippen LogP contribution in [0.1, 0.15) is 50.0 Å². The molecule has 1 aliphatic carbocycles. The number of H-pyrrole nitrogens is 1. The number of guanidine groups is 1. The maximum Gasteiger partial charge on any atom is 0.198 e. The van der Waals surface area contributed by atoms with Gasteiger partial charge in [-0.3, -0.25) is 5.10 Å². The van der Waals surface area contributed by atoms with Crippen LogP contribution in [0.5, 0.6) is 0 Å². The zero-order valence-corrected chi connectivity index (χ0v) is 17.6. The zero-order valence-electron chi connectivity index (χ0n) is 17.6. The Hall–Kier alpha value is -3.55. The number of benzene rings is 1. The van der Waals surface area contributed by atoms with Crippen molar-refractivity contribution < 1.29 is 4.52 Å². The van der Waals surface area contributed by atoms with E-state index in [2.05, 4.69) is 49.3 Å². The molecule has 3 aromatic rings. The summed E-state index contributed by atoms with van der Waals surface area (Å²) < 4.78 is 5.47. The molecule has 1 saturated carbocycles. The summed E-state index contributed by atoms with van der Waals surface area (Å²) in [5, 5.41) is 21.7. The number of hydrogen-bond donors (Lipinski definition) is 4. The standard InChI is InChI=1S/C23H27N7O/c1-15-11-21(26-22-13-19(28-29-22)16-9-5-6-10-16)27-23(25-15)24-14-18-12-20(30-31-18)17-7-3-2-4-8-17/h2-4,7-8,11-13,15-16H,5-6,9-10,14H2,1H3,(H2,24,25,27)(H2,26,28,29). The number of aromatic amines is 1. The molecule has 1 aromatic carbocycles. The summed E-state index contributed by atoms with van der Waals surface area (Å²) in [6.45, 7) is 2.57. The van der Waals surface area contributed by atoms with Gasteiger partial charge >= 0.3 is 0 Å². The number of nitrogens with one attached hydrogen (secondary N) is 4. The molecular formula is C23H27N7O. The molecule has 31 heavy (non-hydrogen) atoms. The van der Waals surface area contributed by atoms with Crippen LogP contribution in [0, 0.1) is 0 Å². The van der Waals surface area contributed by atoms with E-state index in [1.807, 2.05) is 42.5 Å². The molecule has 0 saturated heterocycles. The van der Waals surface area contributed by atoms with Gasteiger partial charge < -0.3 is 20.5 Å². The molecule has 0 spiro atoms.